The highest BCUT2D eigenvalue weighted by molar-refractivity contribution is 7.10. The quantitative estimate of drug-likeness (QED) is 0.500. The smallest absolute Gasteiger partial charge is 0.227 e. The SMILES string of the molecule is O=C(CCc1nc(-c2ccccn2)no1)N1CCc2sccc2C1c1ccco1. The second-order valence-electron chi connectivity index (χ2n) is 6.78. The van der Waals surface area contributed by atoms with Crippen molar-refractivity contribution in [3.63, 3.8) is 0 Å². The Balaban J connectivity index is 1.31. The van der Waals surface area contributed by atoms with E-state index in [0.29, 0.717) is 36.8 Å². The predicted octanol–water partition coefficient (Wildman–Crippen LogP) is 3.89. The van der Waals surface area contributed by atoms with Crippen molar-refractivity contribution in [1.82, 2.24) is 20.0 Å². The summed E-state index contributed by atoms with van der Waals surface area (Å²) in [6, 6.07) is 11.2. The van der Waals surface area contributed by atoms with Crippen molar-refractivity contribution >= 4 is 17.2 Å². The van der Waals surface area contributed by atoms with E-state index in [0.717, 1.165) is 17.7 Å². The number of carbonyl (C=O) groups excluding carboxylic acids is 1. The van der Waals surface area contributed by atoms with Crippen LogP contribution >= 0.6 is 11.3 Å². The fraction of sp³-hybridized carbons (Fsp3) is 0.238. The average molecular weight is 406 g/mol. The number of nitrogens with zero attached hydrogens (tertiary/aromatic N) is 4. The summed E-state index contributed by atoms with van der Waals surface area (Å²) in [4.78, 5) is 24.9. The first-order valence-corrected chi connectivity index (χ1v) is 10.3. The van der Waals surface area contributed by atoms with E-state index in [-0.39, 0.29) is 11.9 Å². The van der Waals surface area contributed by atoms with E-state index in [9.17, 15) is 4.79 Å². The molecule has 1 aliphatic rings. The van der Waals surface area contributed by atoms with E-state index in [2.05, 4.69) is 26.6 Å². The molecule has 4 aromatic heterocycles. The zero-order chi connectivity index (χ0) is 19.6. The lowest BCUT2D eigenvalue weighted by atomic mass is 9.97. The first-order valence-electron chi connectivity index (χ1n) is 9.43. The maximum absolute atomic E-state index is 13.1. The van der Waals surface area contributed by atoms with Gasteiger partial charge in [-0.2, -0.15) is 4.98 Å². The van der Waals surface area contributed by atoms with Crippen LogP contribution in [0.3, 0.4) is 0 Å². The number of rotatable bonds is 5. The molecule has 146 valence electrons. The lowest BCUT2D eigenvalue weighted by molar-refractivity contribution is -0.133. The Labute approximate surface area is 171 Å². The van der Waals surface area contributed by atoms with E-state index >= 15 is 0 Å². The molecule has 1 atom stereocenters. The number of thiophene rings is 1. The second-order valence-corrected chi connectivity index (χ2v) is 7.78. The molecule has 1 amide bonds. The third kappa shape index (κ3) is 3.47. The van der Waals surface area contributed by atoms with Crippen LogP contribution in [-0.4, -0.2) is 32.5 Å². The Bertz CT molecular complexity index is 1100. The molecule has 0 N–H and O–H groups in total. The van der Waals surface area contributed by atoms with Crippen molar-refractivity contribution in [2.75, 3.05) is 6.54 Å². The van der Waals surface area contributed by atoms with Gasteiger partial charge in [0.25, 0.3) is 0 Å². The summed E-state index contributed by atoms with van der Waals surface area (Å²) in [7, 11) is 0. The molecule has 0 saturated carbocycles. The Morgan fingerprint density at radius 2 is 2.21 bits per heavy atom. The number of hydrogen-bond donors (Lipinski definition) is 0. The van der Waals surface area contributed by atoms with Gasteiger partial charge in [-0.05, 0) is 47.7 Å². The second kappa shape index (κ2) is 7.63. The Morgan fingerprint density at radius 1 is 1.24 bits per heavy atom. The van der Waals surface area contributed by atoms with Gasteiger partial charge >= 0.3 is 0 Å². The van der Waals surface area contributed by atoms with E-state index in [1.54, 1.807) is 23.8 Å². The molecule has 0 saturated heterocycles. The Kier molecular flexibility index (Phi) is 4.69. The lowest BCUT2D eigenvalue weighted by Crippen LogP contribution is -2.40. The van der Waals surface area contributed by atoms with E-state index in [4.69, 9.17) is 8.94 Å². The van der Waals surface area contributed by atoms with Gasteiger partial charge in [-0.15, -0.1) is 11.3 Å². The molecule has 4 aromatic rings. The summed E-state index contributed by atoms with van der Waals surface area (Å²) in [6.07, 6.45) is 4.87. The first-order chi connectivity index (χ1) is 14.3. The monoisotopic (exact) mass is 406 g/mol. The third-order valence-electron chi connectivity index (χ3n) is 5.01. The maximum atomic E-state index is 13.1. The minimum Gasteiger partial charge on any atom is -0.467 e. The normalized spacial score (nSPS) is 16.0. The van der Waals surface area contributed by atoms with Gasteiger partial charge in [-0.1, -0.05) is 11.2 Å². The van der Waals surface area contributed by atoms with Gasteiger partial charge < -0.3 is 13.8 Å². The number of furan rings is 1. The fourth-order valence-electron chi connectivity index (χ4n) is 3.65. The summed E-state index contributed by atoms with van der Waals surface area (Å²) in [6.45, 7) is 0.667. The van der Waals surface area contributed by atoms with E-state index in [1.807, 2.05) is 35.2 Å². The van der Waals surface area contributed by atoms with Gasteiger partial charge in [-0.25, -0.2) is 0 Å². The van der Waals surface area contributed by atoms with Gasteiger partial charge in [0.15, 0.2) is 0 Å². The third-order valence-corrected chi connectivity index (χ3v) is 6.01. The number of hydrogen-bond acceptors (Lipinski definition) is 7. The first kappa shape index (κ1) is 17.8. The number of fused-ring (bicyclic) bond motifs is 1. The van der Waals surface area contributed by atoms with Crippen LogP contribution < -0.4 is 0 Å². The van der Waals surface area contributed by atoms with Gasteiger partial charge in [0, 0.05) is 30.5 Å². The van der Waals surface area contributed by atoms with Gasteiger partial charge in [-0.3, -0.25) is 9.78 Å². The molecule has 0 radical (unpaired) electrons. The number of aromatic nitrogens is 3. The molecule has 8 heteroatoms. The number of aryl methyl sites for hydroxylation is 1. The van der Waals surface area contributed by atoms with Gasteiger partial charge in [0.2, 0.25) is 17.6 Å². The van der Waals surface area contributed by atoms with Crippen LogP contribution in [0.4, 0.5) is 0 Å². The summed E-state index contributed by atoms with van der Waals surface area (Å²) in [5.41, 5.74) is 1.80. The minimum atomic E-state index is -0.181. The molecule has 5 heterocycles. The number of pyridine rings is 1. The van der Waals surface area contributed by atoms with Crippen LogP contribution in [0.25, 0.3) is 11.5 Å². The molecule has 0 aliphatic carbocycles. The summed E-state index contributed by atoms with van der Waals surface area (Å²) in [5, 5.41) is 6.04. The van der Waals surface area contributed by atoms with E-state index < -0.39 is 0 Å². The van der Waals surface area contributed by atoms with Crippen molar-refractivity contribution in [3.8, 4) is 11.5 Å². The largest absolute Gasteiger partial charge is 0.467 e. The molecule has 5 rings (SSSR count). The lowest BCUT2D eigenvalue weighted by Gasteiger charge is -2.34. The van der Waals surface area contributed by atoms with Crippen LogP contribution in [-0.2, 0) is 17.6 Å². The molecule has 0 bridgehead atoms. The van der Waals surface area contributed by atoms with Crippen molar-refractivity contribution in [2.45, 2.75) is 25.3 Å². The van der Waals surface area contributed by atoms with Crippen molar-refractivity contribution in [1.29, 1.82) is 0 Å². The fourth-order valence-corrected chi connectivity index (χ4v) is 4.56. The van der Waals surface area contributed by atoms with Crippen LogP contribution in [0.15, 0.2) is 63.2 Å². The molecule has 7 nitrogen and oxygen atoms in total. The van der Waals surface area contributed by atoms with Crippen molar-refractivity contribution in [2.24, 2.45) is 0 Å². The molecular formula is C21H18N4O3S. The van der Waals surface area contributed by atoms with Crippen LogP contribution in [0.1, 0.15) is 34.6 Å². The molecule has 1 unspecified atom stereocenters. The van der Waals surface area contributed by atoms with Crippen LogP contribution in [0, 0.1) is 0 Å². The maximum Gasteiger partial charge on any atom is 0.227 e. The highest BCUT2D eigenvalue weighted by atomic mass is 32.1. The van der Waals surface area contributed by atoms with Gasteiger partial charge in [0.1, 0.15) is 17.5 Å². The highest BCUT2D eigenvalue weighted by Gasteiger charge is 2.34. The molecule has 1 aliphatic heterocycles. The molecule has 29 heavy (non-hydrogen) atoms. The predicted molar refractivity (Wildman–Crippen MR) is 106 cm³/mol. The Morgan fingerprint density at radius 3 is 3.03 bits per heavy atom. The summed E-state index contributed by atoms with van der Waals surface area (Å²) < 4.78 is 11.0. The zero-order valence-electron chi connectivity index (χ0n) is 15.5. The number of carbonyl (C=O) groups is 1. The van der Waals surface area contributed by atoms with Crippen LogP contribution in [0.5, 0.6) is 0 Å². The van der Waals surface area contributed by atoms with Crippen molar-refractivity contribution < 1.29 is 13.7 Å². The topological polar surface area (TPSA) is 85.3 Å². The number of amides is 1. The zero-order valence-corrected chi connectivity index (χ0v) is 16.3. The summed E-state index contributed by atoms with van der Waals surface area (Å²) in [5.74, 6) is 1.69. The average Bonchev–Trinajstić information content (AvgIpc) is 3.53. The highest BCUT2D eigenvalue weighted by Crippen LogP contribution is 2.38. The van der Waals surface area contributed by atoms with Gasteiger partial charge in [0.05, 0.1) is 6.26 Å². The molecule has 0 aromatic carbocycles. The van der Waals surface area contributed by atoms with Crippen molar-refractivity contribution in [3.05, 3.63) is 76.3 Å². The van der Waals surface area contributed by atoms with Crippen LogP contribution in [0.2, 0.25) is 0 Å². The Hall–Kier alpha value is -3.26. The minimum absolute atomic E-state index is 0.0424. The molecule has 0 spiro atoms. The molecule has 0 fully saturated rings. The summed E-state index contributed by atoms with van der Waals surface area (Å²) >= 11 is 1.73. The standard InChI is InChI=1S/C21H18N4O3S/c26-19(7-6-18-23-21(24-28-18)15-4-1-2-10-22-15)25-11-8-17-14(9-13-29-17)20(25)16-5-3-12-27-16/h1-5,9-10,12-13,20H,6-8,11H2. The van der Waals surface area contributed by atoms with E-state index in [1.165, 1.54) is 4.88 Å². The molecular weight excluding hydrogens is 388 g/mol.